The Morgan fingerprint density at radius 1 is 0.438 bits per heavy atom. The van der Waals surface area contributed by atoms with Gasteiger partial charge in [-0.2, -0.15) is 0 Å². The smallest absolute Gasteiger partial charge is 0 e. The molecule has 0 saturated heterocycles. The van der Waals surface area contributed by atoms with E-state index in [1.165, 1.54) is 0 Å². The van der Waals surface area contributed by atoms with Gasteiger partial charge in [-0.15, -0.1) is 0 Å². The summed E-state index contributed by atoms with van der Waals surface area (Å²) in [6.07, 6.45) is -4.08. The Morgan fingerprint density at radius 2 is 0.562 bits per heavy atom. The molecule has 16 radical (unpaired) electrons. The highest BCUT2D eigenvalue weighted by Gasteiger charge is 2.35. The van der Waals surface area contributed by atoms with E-state index >= 15 is 0 Å². The highest BCUT2D eigenvalue weighted by atomic mass is 13.2. The van der Waals surface area contributed by atoms with Gasteiger partial charge in [0.25, 0.3) is 0 Å². The van der Waals surface area contributed by atoms with Crippen molar-refractivity contribution in [1.82, 2.24) is 0 Å². The zero-order chi connectivity index (χ0) is 13.5. The molecule has 0 rings (SSSR count). The van der Waals surface area contributed by atoms with Gasteiger partial charge in [-0.3, -0.25) is 0 Å². The predicted molar refractivity (Wildman–Crippen MR) is 91.9 cm³/mol. The molecule has 0 aliphatic carbocycles. The summed E-state index contributed by atoms with van der Waals surface area (Å²) in [5, 5.41) is 0. The molecule has 56 valence electrons. The van der Waals surface area contributed by atoms with Gasteiger partial charge in [0.05, 0.1) is 0 Å². The van der Waals surface area contributed by atoms with Crippen molar-refractivity contribution in [2.24, 2.45) is 0 Å². The summed E-state index contributed by atoms with van der Waals surface area (Å²) >= 11 is 0. The van der Waals surface area contributed by atoms with Crippen molar-refractivity contribution in [2.75, 3.05) is 0 Å². The van der Waals surface area contributed by atoms with Gasteiger partial charge in [0.2, 0.25) is 0 Å². The number of hydrogen-bond donors (Lipinski definition) is 0. The third kappa shape index (κ3) is 6.60. The monoisotopic (exact) mass is 184 g/mol. The second-order valence-electron chi connectivity index (χ2n) is 3.46. The van der Waals surface area contributed by atoms with Crippen LogP contribution in [0.4, 0.5) is 0 Å². The van der Waals surface area contributed by atoms with Crippen LogP contribution in [0.15, 0.2) is 0 Å². The number of hydrogen-bond acceptors (Lipinski definition) is 0. The first-order valence-corrected chi connectivity index (χ1v) is 5.33. The van der Waals surface area contributed by atoms with Gasteiger partial charge in [0, 0.05) is 100 Å². The summed E-state index contributed by atoms with van der Waals surface area (Å²) in [6, 6.07) is 0. The fourth-order valence-electron chi connectivity index (χ4n) is 1.54. The summed E-state index contributed by atoms with van der Waals surface area (Å²) in [5.41, 5.74) is 0. The average Bonchev–Trinajstić information content (AvgIpc) is 2.14. The Kier molecular flexibility index (Phi) is 11.9. The minimum absolute atomic E-state index is 0.519. The molecule has 0 nitrogen and oxygen atoms in total. The van der Waals surface area contributed by atoms with E-state index in [4.69, 9.17) is 61.9 Å². The average molecular weight is 181 g/mol. The van der Waals surface area contributed by atoms with Crippen molar-refractivity contribution in [3.8, 4) is 0 Å². The molecule has 0 unspecified atom stereocenters. The van der Waals surface area contributed by atoms with Gasteiger partial charge >= 0.3 is 0 Å². The molecule has 0 aromatic rings. The normalized spacial score (nSPS) is 8.12. The van der Waals surface area contributed by atoms with Crippen LogP contribution in [0, 0.1) is 0 Å². The maximum Gasteiger partial charge on any atom is 0 e. The van der Waals surface area contributed by atoms with E-state index in [0.717, 1.165) is 0 Å². The molecule has 0 bridgehead atoms. The van der Waals surface area contributed by atoms with E-state index in [0.29, 0.717) is 0 Å². The van der Waals surface area contributed by atoms with Crippen LogP contribution in [-0.2, 0) is 0 Å². The molecular formula is C2H6B14. The SMILES string of the molecule is CC.[B]B([B])B(B([B])[B])B(B([B])[B])B([B])[B]. The maximum atomic E-state index is 5.51. The molecule has 16 heavy (non-hydrogen) atoms. The predicted octanol–water partition coefficient (Wildman–Crippen LogP) is -4.30. The van der Waals surface area contributed by atoms with E-state index < -0.39 is 38.3 Å². The van der Waals surface area contributed by atoms with Gasteiger partial charge in [-0.1, -0.05) is 13.8 Å². The zero-order valence-electron chi connectivity index (χ0n) is 10.1. The lowest BCUT2D eigenvalue weighted by atomic mass is 8.47. The largest absolute Gasteiger partial charge is 0.0683 e. The fraction of sp³-hybridized carbons (Fsp3) is 1.00. The molecule has 0 amide bonds. The third-order valence-corrected chi connectivity index (χ3v) is 2.22. The summed E-state index contributed by atoms with van der Waals surface area (Å²) in [7, 11) is 44.1. The van der Waals surface area contributed by atoms with Crippen molar-refractivity contribution < 1.29 is 0 Å². The highest BCUT2D eigenvalue weighted by molar-refractivity contribution is 8.10. The first-order chi connectivity index (χ1) is 7.29. The van der Waals surface area contributed by atoms with E-state index in [9.17, 15) is 0 Å². The van der Waals surface area contributed by atoms with Crippen molar-refractivity contribution in [3.63, 3.8) is 0 Å². The summed E-state index contributed by atoms with van der Waals surface area (Å²) in [5.74, 6) is 0. The summed E-state index contributed by atoms with van der Waals surface area (Å²) in [4.78, 5) is 0. The van der Waals surface area contributed by atoms with Crippen LogP contribution in [0.2, 0.25) is 0 Å². The Bertz CT molecular complexity index is 117. The van der Waals surface area contributed by atoms with Crippen LogP contribution in [-0.4, -0.2) is 100 Å². The van der Waals surface area contributed by atoms with Gasteiger partial charge in [-0.25, -0.2) is 0 Å². The van der Waals surface area contributed by atoms with Gasteiger partial charge < -0.3 is 0 Å². The van der Waals surface area contributed by atoms with Gasteiger partial charge in [0.1, 0.15) is 0 Å². The van der Waals surface area contributed by atoms with Crippen LogP contribution in [0.1, 0.15) is 13.8 Å². The Labute approximate surface area is 114 Å². The first kappa shape index (κ1) is 19.3. The van der Waals surface area contributed by atoms with Crippen LogP contribution >= 0.6 is 0 Å². The van der Waals surface area contributed by atoms with Crippen molar-refractivity contribution >= 4 is 100 Å². The molecule has 0 heterocycles. The van der Waals surface area contributed by atoms with Crippen LogP contribution in [0.25, 0.3) is 0 Å². The van der Waals surface area contributed by atoms with E-state index in [1.54, 1.807) is 0 Å². The second-order valence-corrected chi connectivity index (χ2v) is 3.46. The minimum Gasteiger partial charge on any atom is -0.0683 e. The number of rotatable bonds is 5. The molecule has 0 aromatic carbocycles. The van der Waals surface area contributed by atoms with E-state index in [2.05, 4.69) is 0 Å². The van der Waals surface area contributed by atoms with Crippen molar-refractivity contribution in [3.05, 3.63) is 0 Å². The minimum atomic E-state index is -0.760. The summed E-state index contributed by atoms with van der Waals surface area (Å²) in [6.45, 7) is 4.00. The van der Waals surface area contributed by atoms with Crippen LogP contribution in [0.5, 0.6) is 0 Å². The first-order valence-electron chi connectivity index (χ1n) is 5.33. The molecule has 0 aliphatic rings. The summed E-state index contributed by atoms with van der Waals surface area (Å²) < 4.78 is 0. The Morgan fingerprint density at radius 3 is 0.625 bits per heavy atom. The zero-order valence-corrected chi connectivity index (χ0v) is 10.1. The maximum absolute atomic E-state index is 5.51. The quantitative estimate of drug-likeness (QED) is 0.377. The van der Waals surface area contributed by atoms with Crippen LogP contribution < -0.4 is 0 Å². The van der Waals surface area contributed by atoms with Gasteiger partial charge in [0.15, 0.2) is 0 Å². The fourth-order valence-corrected chi connectivity index (χ4v) is 1.54. The molecule has 0 atom stereocenters. The molecule has 0 aliphatic heterocycles. The molecule has 0 aromatic heterocycles. The molecule has 0 saturated carbocycles. The van der Waals surface area contributed by atoms with Gasteiger partial charge in [-0.05, 0) is 0 Å². The lowest BCUT2D eigenvalue weighted by molar-refractivity contribution is 1.50. The molecular weight excluding hydrogens is 175 g/mol. The van der Waals surface area contributed by atoms with Crippen LogP contribution in [0.3, 0.4) is 0 Å². The highest BCUT2D eigenvalue weighted by Crippen LogP contribution is 1.97. The molecule has 0 fully saturated rings. The van der Waals surface area contributed by atoms with E-state index in [-0.39, 0.29) is 0 Å². The molecule has 14 heteroatoms. The Hall–Kier alpha value is 0.909. The van der Waals surface area contributed by atoms with E-state index in [1.807, 2.05) is 13.8 Å². The van der Waals surface area contributed by atoms with Crippen molar-refractivity contribution in [2.45, 2.75) is 13.8 Å². The van der Waals surface area contributed by atoms with Crippen molar-refractivity contribution in [1.29, 1.82) is 0 Å². The lowest BCUT2D eigenvalue weighted by Crippen LogP contribution is -2.72. The third-order valence-electron chi connectivity index (χ3n) is 2.22. The lowest BCUT2D eigenvalue weighted by Gasteiger charge is -2.34. The molecule has 0 N–H and O–H groups in total. The standard InChI is InChI=1S/C2H6.B14/c1-2;1-9(2)13(10(3)4)14(11(5)6)12(7)8/h1-2H3;. The molecule has 0 spiro atoms. The Balaban J connectivity index is 0. The topological polar surface area (TPSA) is 0 Å². The second kappa shape index (κ2) is 9.89.